The Morgan fingerprint density at radius 2 is 1.89 bits per heavy atom. The van der Waals surface area contributed by atoms with Gasteiger partial charge >= 0.3 is 0 Å². The van der Waals surface area contributed by atoms with Crippen LogP contribution in [0.15, 0.2) is 42.5 Å². The Morgan fingerprint density at radius 1 is 1.18 bits per heavy atom. The van der Waals surface area contributed by atoms with E-state index in [1.165, 1.54) is 5.56 Å². The molecule has 150 valence electrons. The minimum Gasteiger partial charge on any atom is -0.497 e. The minimum atomic E-state index is -0.514. The lowest BCUT2D eigenvalue weighted by Gasteiger charge is -2.46. The molecule has 2 N–H and O–H groups in total. The van der Waals surface area contributed by atoms with Gasteiger partial charge in [-0.3, -0.25) is 0 Å². The van der Waals surface area contributed by atoms with Crippen molar-refractivity contribution in [3.05, 3.63) is 59.2 Å². The molecule has 0 aromatic heterocycles. The maximum Gasteiger partial charge on any atom is 0.129 e. The fourth-order valence-corrected chi connectivity index (χ4v) is 4.33. The molecule has 5 heteroatoms. The summed E-state index contributed by atoms with van der Waals surface area (Å²) < 4.78 is 11.7. The molecule has 0 bridgehead atoms. The van der Waals surface area contributed by atoms with Gasteiger partial charge in [-0.15, -0.1) is 0 Å². The van der Waals surface area contributed by atoms with Gasteiger partial charge in [-0.2, -0.15) is 0 Å². The number of likely N-dealkylation sites (tertiary alicyclic amines) is 1. The van der Waals surface area contributed by atoms with Crippen LogP contribution in [0.25, 0.3) is 0 Å². The molecule has 2 aromatic carbocycles. The highest BCUT2D eigenvalue weighted by Gasteiger charge is 2.43. The zero-order valence-electron chi connectivity index (χ0n) is 16.6. The molecule has 0 amide bonds. The van der Waals surface area contributed by atoms with Crippen LogP contribution in [-0.4, -0.2) is 47.5 Å². The third-order valence-electron chi connectivity index (χ3n) is 6.13. The fourth-order valence-electron chi connectivity index (χ4n) is 4.33. The van der Waals surface area contributed by atoms with E-state index in [1.807, 2.05) is 49.4 Å². The molecule has 4 rings (SSSR count). The lowest BCUT2D eigenvalue weighted by atomic mass is 9.81. The lowest BCUT2D eigenvalue weighted by Crippen LogP contribution is -2.51. The largest absolute Gasteiger partial charge is 0.497 e. The Hall–Kier alpha value is -2.08. The average molecular weight is 383 g/mol. The summed E-state index contributed by atoms with van der Waals surface area (Å²) in [5.74, 6) is 1.47. The summed E-state index contributed by atoms with van der Waals surface area (Å²) in [5, 5.41) is 21.2. The second-order valence-corrected chi connectivity index (χ2v) is 8.14. The maximum absolute atomic E-state index is 10.7. The molecule has 0 unspecified atom stereocenters. The van der Waals surface area contributed by atoms with Gasteiger partial charge < -0.3 is 24.6 Å². The van der Waals surface area contributed by atoms with Crippen molar-refractivity contribution < 1.29 is 19.7 Å². The quantitative estimate of drug-likeness (QED) is 0.847. The molecule has 1 fully saturated rings. The summed E-state index contributed by atoms with van der Waals surface area (Å²) in [6.45, 7) is 4.35. The normalized spacial score (nSPS) is 22.4. The number of hydrogen-bond acceptors (Lipinski definition) is 5. The molecule has 1 spiro atoms. The Labute approximate surface area is 166 Å². The van der Waals surface area contributed by atoms with E-state index in [2.05, 4.69) is 4.90 Å². The van der Waals surface area contributed by atoms with Gasteiger partial charge in [0, 0.05) is 37.7 Å². The molecule has 2 aliphatic heterocycles. The molecule has 2 heterocycles. The predicted molar refractivity (Wildman–Crippen MR) is 108 cm³/mol. The fraction of sp³-hybridized carbons (Fsp3) is 0.478. The topological polar surface area (TPSA) is 62.2 Å². The molecule has 0 radical (unpaired) electrons. The summed E-state index contributed by atoms with van der Waals surface area (Å²) in [6, 6.07) is 13.7. The van der Waals surface area contributed by atoms with Crippen LogP contribution in [-0.2, 0) is 0 Å². The number of rotatable bonds is 4. The summed E-state index contributed by atoms with van der Waals surface area (Å²) in [5.41, 5.74) is 2.64. The van der Waals surface area contributed by atoms with E-state index in [0.717, 1.165) is 48.6 Å². The Bertz CT molecular complexity index is 812. The molecule has 2 atom stereocenters. The summed E-state index contributed by atoms with van der Waals surface area (Å²) in [7, 11) is 1.63. The second-order valence-electron chi connectivity index (χ2n) is 8.14. The predicted octanol–water partition coefficient (Wildman–Crippen LogP) is 3.39. The standard InChI is InChI=1S/C23H29NO4/c1-16-3-5-17(6-4-16)21(26)15-24-11-9-23(10-12-24)14-20(25)19-8-7-18(27-2)13-22(19)28-23/h3-8,13,20-21,25-26H,9-12,14-15H2,1-2H3/t20-,21-/m0/s1. The number of piperidine rings is 1. The van der Waals surface area contributed by atoms with Crippen LogP contribution in [0.2, 0.25) is 0 Å². The van der Waals surface area contributed by atoms with Crippen LogP contribution in [0.4, 0.5) is 0 Å². The van der Waals surface area contributed by atoms with E-state index in [4.69, 9.17) is 9.47 Å². The smallest absolute Gasteiger partial charge is 0.129 e. The summed E-state index contributed by atoms with van der Waals surface area (Å²) >= 11 is 0. The van der Waals surface area contributed by atoms with Crippen LogP contribution < -0.4 is 9.47 Å². The molecule has 0 aliphatic carbocycles. The van der Waals surface area contributed by atoms with Crippen molar-refractivity contribution in [1.29, 1.82) is 0 Å². The van der Waals surface area contributed by atoms with Crippen molar-refractivity contribution in [2.75, 3.05) is 26.7 Å². The molecule has 28 heavy (non-hydrogen) atoms. The van der Waals surface area contributed by atoms with E-state index in [0.29, 0.717) is 13.0 Å². The van der Waals surface area contributed by atoms with Crippen LogP contribution in [0.5, 0.6) is 11.5 Å². The highest BCUT2D eigenvalue weighted by Crippen LogP contribution is 2.45. The second kappa shape index (κ2) is 7.74. The first-order valence-electron chi connectivity index (χ1n) is 10.00. The summed E-state index contributed by atoms with van der Waals surface area (Å²) in [6.07, 6.45) is 1.28. The van der Waals surface area contributed by atoms with Gasteiger partial charge in [0.2, 0.25) is 0 Å². The highest BCUT2D eigenvalue weighted by atomic mass is 16.5. The molecular formula is C23H29NO4. The van der Waals surface area contributed by atoms with E-state index < -0.39 is 12.2 Å². The summed E-state index contributed by atoms with van der Waals surface area (Å²) in [4.78, 5) is 2.28. The third-order valence-corrected chi connectivity index (χ3v) is 6.13. The number of aliphatic hydroxyl groups is 2. The molecular weight excluding hydrogens is 354 g/mol. The Morgan fingerprint density at radius 3 is 2.57 bits per heavy atom. The number of ether oxygens (including phenoxy) is 2. The van der Waals surface area contributed by atoms with E-state index >= 15 is 0 Å². The highest BCUT2D eigenvalue weighted by molar-refractivity contribution is 5.44. The number of aryl methyl sites for hydroxylation is 1. The average Bonchev–Trinajstić information content (AvgIpc) is 2.70. The van der Waals surface area contributed by atoms with E-state index in [1.54, 1.807) is 7.11 Å². The van der Waals surface area contributed by atoms with Crippen LogP contribution in [0.3, 0.4) is 0 Å². The number of β-amino-alcohol motifs (C(OH)–C–C–N with tert-alkyl or cyclic N) is 1. The number of hydrogen-bond donors (Lipinski definition) is 2. The molecule has 2 aromatic rings. The van der Waals surface area contributed by atoms with Crippen molar-refractivity contribution in [3.63, 3.8) is 0 Å². The Kier molecular flexibility index (Phi) is 5.32. The van der Waals surface area contributed by atoms with Crippen LogP contribution >= 0.6 is 0 Å². The lowest BCUT2D eigenvalue weighted by molar-refractivity contribution is -0.0588. The van der Waals surface area contributed by atoms with Gasteiger partial charge in [0.25, 0.3) is 0 Å². The first-order chi connectivity index (χ1) is 13.5. The molecule has 1 saturated heterocycles. The number of nitrogens with zero attached hydrogens (tertiary/aromatic N) is 1. The zero-order chi connectivity index (χ0) is 19.7. The maximum atomic E-state index is 10.7. The molecule has 5 nitrogen and oxygen atoms in total. The Balaban J connectivity index is 1.40. The van der Waals surface area contributed by atoms with Crippen LogP contribution in [0, 0.1) is 6.92 Å². The van der Waals surface area contributed by atoms with E-state index in [9.17, 15) is 10.2 Å². The van der Waals surface area contributed by atoms with Crippen molar-refractivity contribution in [2.24, 2.45) is 0 Å². The van der Waals surface area contributed by atoms with Gasteiger partial charge in [0.15, 0.2) is 0 Å². The first kappa shape index (κ1) is 19.2. The number of fused-ring (bicyclic) bond motifs is 1. The van der Waals surface area contributed by atoms with Crippen molar-refractivity contribution in [1.82, 2.24) is 4.90 Å². The molecule has 0 saturated carbocycles. The van der Waals surface area contributed by atoms with Gasteiger partial charge in [-0.05, 0) is 37.5 Å². The van der Waals surface area contributed by atoms with E-state index in [-0.39, 0.29) is 5.60 Å². The SMILES string of the molecule is COc1ccc2c(c1)OC1(CCN(C[C@H](O)c3ccc(C)cc3)CC1)C[C@@H]2O. The van der Waals surface area contributed by atoms with Crippen molar-refractivity contribution in [2.45, 2.75) is 44.0 Å². The minimum absolute atomic E-state index is 0.343. The third kappa shape index (κ3) is 3.88. The van der Waals surface area contributed by atoms with Gasteiger partial charge in [0.1, 0.15) is 17.1 Å². The molecule has 2 aliphatic rings. The van der Waals surface area contributed by atoms with Gasteiger partial charge in [-0.25, -0.2) is 0 Å². The number of aliphatic hydroxyl groups excluding tert-OH is 2. The number of methoxy groups -OCH3 is 1. The monoisotopic (exact) mass is 383 g/mol. The van der Waals surface area contributed by atoms with Gasteiger partial charge in [-0.1, -0.05) is 29.8 Å². The zero-order valence-corrected chi connectivity index (χ0v) is 16.6. The van der Waals surface area contributed by atoms with Crippen molar-refractivity contribution in [3.8, 4) is 11.5 Å². The first-order valence-corrected chi connectivity index (χ1v) is 10.00. The number of benzene rings is 2. The van der Waals surface area contributed by atoms with Crippen molar-refractivity contribution >= 4 is 0 Å². The van der Waals surface area contributed by atoms with Gasteiger partial charge in [0.05, 0.1) is 19.3 Å². The van der Waals surface area contributed by atoms with Crippen LogP contribution in [0.1, 0.15) is 48.2 Å².